The van der Waals surface area contributed by atoms with Crippen molar-refractivity contribution in [2.45, 2.75) is 13.8 Å². The maximum absolute atomic E-state index is 12.1. The fourth-order valence-corrected chi connectivity index (χ4v) is 1.99. The maximum atomic E-state index is 12.1. The molecule has 0 aliphatic rings. The molecule has 0 fully saturated rings. The summed E-state index contributed by atoms with van der Waals surface area (Å²) in [6.45, 7) is 4.67. The quantitative estimate of drug-likeness (QED) is 0.900. The predicted molar refractivity (Wildman–Crippen MR) is 83.0 cm³/mol. The van der Waals surface area contributed by atoms with Gasteiger partial charge in [-0.1, -0.05) is 22.0 Å². The highest BCUT2D eigenvalue weighted by Crippen LogP contribution is 2.21. The molecule has 20 heavy (non-hydrogen) atoms. The highest BCUT2D eigenvalue weighted by atomic mass is 79.9. The Balaban J connectivity index is 2.15. The van der Waals surface area contributed by atoms with Crippen LogP contribution in [0.1, 0.15) is 23.0 Å². The first-order valence-corrected chi connectivity index (χ1v) is 7.03. The zero-order valence-electron chi connectivity index (χ0n) is 11.3. The summed E-state index contributed by atoms with van der Waals surface area (Å²) in [5, 5.41) is 5.82. The van der Waals surface area contributed by atoms with E-state index >= 15 is 0 Å². The highest BCUT2D eigenvalue weighted by Gasteiger charge is 2.09. The fraction of sp³-hybridized carbons (Fsp3) is 0.214. The first-order valence-electron chi connectivity index (χ1n) is 6.23. The second kappa shape index (κ2) is 6.47. The number of hydrogen-bond donors (Lipinski definition) is 2. The second-order valence-electron chi connectivity index (χ2n) is 4.24. The van der Waals surface area contributed by atoms with Gasteiger partial charge in [0.05, 0.1) is 12.4 Å². The molecule has 5 nitrogen and oxygen atoms in total. The molecule has 1 amide bonds. The number of aromatic nitrogens is 2. The molecular formula is C14H15BrN4O. The number of amides is 1. The average Bonchev–Trinajstić information content (AvgIpc) is 2.43. The van der Waals surface area contributed by atoms with Crippen molar-refractivity contribution in [3.05, 3.63) is 46.3 Å². The Morgan fingerprint density at radius 3 is 2.85 bits per heavy atom. The summed E-state index contributed by atoms with van der Waals surface area (Å²) in [4.78, 5) is 20.3. The smallest absolute Gasteiger partial charge is 0.275 e. The van der Waals surface area contributed by atoms with E-state index < -0.39 is 0 Å². The predicted octanol–water partition coefficient (Wildman–Crippen LogP) is 3.23. The van der Waals surface area contributed by atoms with Gasteiger partial charge < -0.3 is 10.6 Å². The Morgan fingerprint density at radius 2 is 2.15 bits per heavy atom. The minimum atomic E-state index is -0.284. The van der Waals surface area contributed by atoms with Gasteiger partial charge in [-0.3, -0.25) is 9.78 Å². The molecule has 6 heteroatoms. The van der Waals surface area contributed by atoms with Crippen molar-refractivity contribution < 1.29 is 4.79 Å². The van der Waals surface area contributed by atoms with Gasteiger partial charge in [0.25, 0.3) is 5.91 Å². The Labute approximate surface area is 126 Å². The van der Waals surface area contributed by atoms with E-state index in [4.69, 9.17) is 0 Å². The molecule has 0 aliphatic heterocycles. The number of nitrogens with zero attached hydrogens (tertiary/aromatic N) is 2. The third-order valence-corrected chi connectivity index (χ3v) is 3.51. The van der Waals surface area contributed by atoms with Gasteiger partial charge in [-0.2, -0.15) is 0 Å². The van der Waals surface area contributed by atoms with Gasteiger partial charge in [0.2, 0.25) is 0 Å². The number of carbonyl (C=O) groups excluding carboxylic acids is 1. The Hall–Kier alpha value is -1.95. The number of anilines is 2. The molecule has 2 N–H and O–H groups in total. The van der Waals surface area contributed by atoms with E-state index in [0.717, 1.165) is 16.6 Å². The van der Waals surface area contributed by atoms with Gasteiger partial charge in [-0.15, -0.1) is 0 Å². The van der Waals surface area contributed by atoms with Crippen LogP contribution in [0.2, 0.25) is 0 Å². The highest BCUT2D eigenvalue weighted by molar-refractivity contribution is 9.10. The van der Waals surface area contributed by atoms with E-state index in [1.807, 2.05) is 32.0 Å². The van der Waals surface area contributed by atoms with Crippen molar-refractivity contribution in [3.63, 3.8) is 0 Å². The second-order valence-corrected chi connectivity index (χ2v) is 5.09. The molecule has 0 spiro atoms. The molecule has 0 unspecified atom stereocenters. The molecule has 1 heterocycles. The number of aryl methyl sites for hydroxylation is 1. The van der Waals surface area contributed by atoms with Gasteiger partial charge in [0, 0.05) is 16.7 Å². The molecule has 1 aromatic heterocycles. The van der Waals surface area contributed by atoms with Crippen molar-refractivity contribution >= 4 is 33.3 Å². The summed E-state index contributed by atoms with van der Waals surface area (Å²) in [5.41, 5.74) is 2.10. The van der Waals surface area contributed by atoms with Crippen molar-refractivity contribution in [2.24, 2.45) is 0 Å². The summed E-state index contributed by atoms with van der Waals surface area (Å²) < 4.78 is 0.947. The summed E-state index contributed by atoms with van der Waals surface area (Å²) in [5.74, 6) is 0.304. The zero-order chi connectivity index (χ0) is 14.5. The Kier molecular flexibility index (Phi) is 4.68. The number of carbonyl (C=O) groups is 1. The van der Waals surface area contributed by atoms with Crippen LogP contribution in [0.15, 0.2) is 35.1 Å². The van der Waals surface area contributed by atoms with E-state index in [0.29, 0.717) is 11.5 Å². The normalized spacial score (nSPS) is 10.2. The largest absolute Gasteiger partial charge is 0.369 e. The Morgan fingerprint density at radius 1 is 1.35 bits per heavy atom. The number of halogens is 1. The van der Waals surface area contributed by atoms with Gasteiger partial charge in [-0.05, 0) is 31.5 Å². The van der Waals surface area contributed by atoms with E-state index in [9.17, 15) is 4.79 Å². The first-order chi connectivity index (χ1) is 9.60. The lowest BCUT2D eigenvalue weighted by molar-refractivity contribution is 0.102. The van der Waals surface area contributed by atoms with Crippen molar-refractivity contribution in [3.8, 4) is 0 Å². The van der Waals surface area contributed by atoms with Crippen molar-refractivity contribution in [1.29, 1.82) is 0 Å². The van der Waals surface area contributed by atoms with E-state index in [1.165, 1.54) is 6.20 Å². The monoisotopic (exact) mass is 334 g/mol. The van der Waals surface area contributed by atoms with Crippen molar-refractivity contribution in [2.75, 3.05) is 17.2 Å². The van der Waals surface area contributed by atoms with Crippen LogP contribution < -0.4 is 10.6 Å². The van der Waals surface area contributed by atoms with E-state index in [2.05, 4.69) is 36.5 Å². The minimum Gasteiger partial charge on any atom is -0.369 e. The van der Waals surface area contributed by atoms with Gasteiger partial charge >= 0.3 is 0 Å². The van der Waals surface area contributed by atoms with Gasteiger partial charge in [0.15, 0.2) is 0 Å². The number of benzene rings is 1. The van der Waals surface area contributed by atoms with Crippen LogP contribution in [-0.2, 0) is 0 Å². The molecule has 104 valence electrons. The van der Waals surface area contributed by atoms with E-state index in [-0.39, 0.29) is 11.6 Å². The van der Waals surface area contributed by atoms with Crippen LogP contribution >= 0.6 is 15.9 Å². The summed E-state index contributed by atoms with van der Waals surface area (Å²) in [6, 6.07) is 5.63. The molecule has 0 atom stereocenters. The fourth-order valence-electron chi connectivity index (χ4n) is 1.61. The Bertz CT molecular complexity index is 630. The lowest BCUT2D eigenvalue weighted by Gasteiger charge is -2.07. The average molecular weight is 335 g/mol. The zero-order valence-corrected chi connectivity index (χ0v) is 12.9. The topological polar surface area (TPSA) is 66.9 Å². The molecule has 1 aromatic carbocycles. The lowest BCUT2D eigenvalue weighted by Crippen LogP contribution is -2.15. The van der Waals surface area contributed by atoms with E-state index in [1.54, 1.807) is 6.20 Å². The third-order valence-electron chi connectivity index (χ3n) is 2.65. The molecule has 0 radical (unpaired) electrons. The SMILES string of the molecule is CCNc1cncc(C(=O)Nc2ccc(C)c(Br)c2)n1. The maximum Gasteiger partial charge on any atom is 0.275 e. The van der Waals surface area contributed by atoms with Crippen LogP contribution in [0.3, 0.4) is 0 Å². The lowest BCUT2D eigenvalue weighted by atomic mass is 10.2. The summed E-state index contributed by atoms with van der Waals surface area (Å²) in [7, 11) is 0. The third kappa shape index (κ3) is 3.54. The molecule has 2 rings (SSSR count). The summed E-state index contributed by atoms with van der Waals surface area (Å²) >= 11 is 3.44. The summed E-state index contributed by atoms with van der Waals surface area (Å²) in [6.07, 6.45) is 3.03. The van der Waals surface area contributed by atoms with Gasteiger partial charge in [0.1, 0.15) is 11.5 Å². The van der Waals surface area contributed by atoms with Crippen LogP contribution in [0.25, 0.3) is 0 Å². The van der Waals surface area contributed by atoms with Crippen LogP contribution in [-0.4, -0.2) is 22.4 Å². The molecular weight excluding hydrogens is 320 g/mol. The van der Waals surface area contributed by atoms with Crippen LogP contribution in [0.5, 0.6) is 0 Å². The van der Waals surface area contributed by atoms with Gasteiger partial charge in [-0.25, -0.2) is 4.98 Å². The molecule has 0 saturated carbocycles. The number of hydrogen-bond acceptors (Lipinski definition) is 4. The van der Waals surface area contributed by atoms with Crippen LogP contribution in [0, 0.1) is 6.92 Å². The molecule has 0 saturated heterocycles. The molecule has 0 bridgehead atoms. The molecule has 2 aromatic rings. The molecule has 0 aliphatic carbocycles. The van der Waals surface area contributed by atoms with Crippen LogP contribution in [0.4, 0.5) is 11.5 Å². The number of nitrogens with one attached hydrogen (secondary N) is 2. The number of rotatable bonds is 4. The first kappa shape index (κ1) is 14.5. The standard InChI is InChI=1S/C14H15BrN4O/c1-3-17-13-8-16-7-12(19-13)14(20)18-10-5-4-9(2)11(15)6-10/h4-8H,3H2,1-2H3,(H,17,19)(H,18,20). The minimum absolute atomic E-state index is 0.278. The van der Waals surface area contributed by atoms with Crippen molar-refractivity contribution in [1.82, 2.24) is 9.97 Å².